The Kier molecular flexibility index (Phi) is 3.71. The number of aliphatic carboxylic acids is 1. The van der Waals surface area contributed by atoms with Crippen molar-refractivity contribution in [3.63, 3.8) is 0 Å². The molecule has 2 N–H and O–H groups in total. The molecule has 0 amide bonds. The minimum Gasteiger partial charge on any atom is -0.478 e. The SMILES string of the molecule is Cc1c(Br)cccc1N/C=C/C(=O)O. The Morgan fingerprint density at radius 3 is 2.93 bits per heavy atom. The molecular weight excluding hydrogens is 246 g/mol. The first-order chi connectivity index (χ1) is 6.61. The van der Waals surface area contributed by atoms with Crippen LogP contribution in [0.3, 0.4) is 0 Å². The summed E-state index contributed by atoms with van der Waals surface area (Å²) in [5.74, 6) is -0.967. The number of hydrogen-bond acceptors (Lipinski definition) is 2. The second-order valence-corrected chi connectivity index (χ2v) is 3.58. The predicted octanol–water partition coefficient (Wildman–Crippen LogP) is 2.77. The maximum atomic E-state index is 10.2. The van der Waals surface area contributed by atoms with E-state index in [-0.39, 0.29) is 0 Å². The van der Waals surface area contributed by atoms with Gasteiger partial charge in [0.15, 0.2) is 0 Å². The van der Waals surface area contributed by atoms with Crippen molar-refractivity contribution in [2.75, 3.05) is 5.32 Å². The van der Waals surface area contributed by atoms with Gasteiger partial charge in [0.1, 0.15) is 0 Å². The van der Waals surface area contributed by atoms with E-state index in [0.29, 0.717) is 0 Å². The molecule has 0 atom stereocenters. The van der Waals surface area contributed by atoms with Gasteiger partial charge >= 0.3 is 5.97 Å². The van der Waals surface area contributed by atoms with Crippen molar-refractivity contribution in [3.05, 3.63) is 40.5 Å². The van der Waals surface area contributed by atoms with Gasteiger partial charge in [-0.25, -0.2) is 4.79 Å². The van der Waals surface area contributed by atoms with Crippen LogP contribution in [0.4, 0.5) is 5.69 Å². The van der Waals surface area contributed by atoms with E-state index in [1.807, 2.05) is 25.1 Å². The third-order valence-electron chi connectivity index (χ3n) is 1.73. The molecule has 0 aliphatic carbocycles. The van der Waals surface area contributed by atoms with E-state index in [4.69, 9.17) is 5.11 Å². The minimum absolute atomic E-state index is 0.886. The quantitative estimate of drug-likeness (QED) is 0.817. The molecule has 0 aliphatic heterocycles. The Morgan fingerprint density at radius 2 is 2.29 bits per heavy atom. The van der Waals surface area contributed by atoms with Crippen LogP contribution >= 0.6 is 15.9 Å². The zero-order valence-electron chi connectivity index (χ0n) is 7.62. The molecule has 0 saturated carbocycles. The van der Waals surface area contributed by atoms with Crippen LogP contribution < -0.4 is 5.32 Å². The zero-order valence-corrected chi connectivity index (χ0v) is 9.21. The van der Waals surface area contributed by atoms with Crippen molar-refractivity contribution in [2.45, 2.75) is 6.92 Å². The van der Waals surface area contributed by atoms with Gasteiger partial charge in [0.25, 0.3) is 0 Å². The van der Waals surface area contributed by atoms with Gasteiger partial charge in [-0.15, -0.1) is 0 Å². The van der Waals surface area contributed by atoms with Crippen LogP contribution in [0.5, 0.6) is 0 Å². The highest BCUT2D eigenvalue weighted by Gasteiger charge is 1.98. The Balaban J connectivity index is 2.77. The van der Waals surface area contributed by atoms with Crippen molar-refractivity contribution in [3.8, 4) is 0 Å². The number of rotatable bonds is 3. The molecule has 0 bridgehead atoms. The fraction of sp³-hybridized carbons (Fsp3) is 0.100. The number of hydrogen-bond donors (Lipinski definition) is 2. The van der Waals surface area contributed by atoms with Gasteiger partial charge in [0.05, 0.1) is 0 Å². The van der Waals surface area contributed by atoms with Crippen LogP contribution in [-0.4, -0.2) is 11.1 Å². The molecule has 0 fully saturated rings. The monoisotopic (exact) mass is 255 g/mol. The van der Waals surface area contributed by atoms with Crippen molar-refractivity contribution < 1.29 is 9.90 Å². The Bertz CT molecular complexity index is 374. The standard InChI is InChI=1S/C10H10BrNO2/c1-7-8(11)3-2-4-9(7)12-6-5-10(13)14/h2-6,12H,1H3,(H,13,14)/b6-5+. The summed E-state index contributed by atoms with van der Waals surface area (Å²) in [5.41, 5.74) is 1.93. The molecule has 3 nitrogen and oxygen atoms in total. The molecule has 74 valence electrons. The maximum absolute atomic E-state index is 10.2. The summed E-state index contributed by atoms with van der Waals surface area (Å²) in [4.78, 5) is 10.2. The third-order valence-corrected chi connectivity index (χ3v) is 2.59. The molecule has 0 unspecified atom stereocenters. The highest BCUT2D eigenvalue weighted by atomic mass is 79.9. The van der Waals surface area contributed by atoms with Gasteiger partial charge in [-0.05, 0) is 24.6 Å². The maximum Gasteiger partial charge on any atom is 0.329 e. The first-order valence-electron chi connectivity index (χ1n) is 4.02. The van der Waals surface area contributed by atoms with Crippen LogP contribution in [0.2, 0.25) is 0 Å². The molecule has 4 heteroatoms. The van der Waals surface area contributed by atoms with E-state index in [2.05, 4.69) is 21.2 Å². The average molecular weight is 256 g/mol. The summed E-state index contributed by atoms with van der Waals surface area (Å²) in [6.07, 6.45) is 2.46. The zero-order chi connectivity index (χ0) is 10.6. The molecule has 14 heavy (non-hydrogen) atoms. The number of carboxylic acid groups (broad SMARTS) is 1. The lowest BCUT2D eigenvalue weighted by molar-refractivity contribution is -0.131. The van der Waals surface area contributed by atoms with Crippen LogP contribution in [0.25, 0.3) is 0 Å². The lowest BCUT2D eigenvalue weighted by Gasteiger charge is -2.06. The number of nitrogens with one attached hydrogen (secondary N) is 1. The smallest absolute Gasteiger partial charge is 0.329 e. The Morgan fingerprint density at radius 1 is 1.57 bits per heavy atom. The fourth-order valence-corrected chi connectivity index (χ4v) is 1.33. The topological polar surface area (TPSA) is 49.3 Å². The van der Waals surface area contributed by atoms with E-state index < -0.39 is 5.97 Å². The Hall–Kier alpha value is -1.29. The summed E-state index contributed by atoms with van der Waals surface area (Å²) in [5, 5.41) is 11.3. The third kappa shape index (κ3) is 2.88. The second kappa shape index (κ2) is 4.81. The normalized spacial score (nSPS) is 10.4. The van der Waals surface area contributed by atoms with Gasteiger partial charge in [0.2, 0.25) is 0 Å². The average Bonchev–Trinajstić information content (AvgIpc) is 2.12. The summed E-state index contributed by atoms with van der Waals surface area (Å²) in [6.45, 7) is 1.95. The van der Waals surface area contributed by atoms with Gasteiger partial charge < -0.3 is 10.4 Å². The van der Waals surface area contributed by atoms with Crippen LogP contribution in [0, 0.1) is 6.92 Å². The molecular formula is C10H10BrNO2. The Labute approximate surface area is 90.6 Å². The summed E-state index contributed by atoms with van der Waals surface area (Å²) < 4.78 is 0.992. The summed E-state index contributed by atoms with van der Waals surface area (Å²) >= 11 is 3.39. The van der Waals surface area contributed by atoms with E-state index in [0.717, 1.165) is 21.8 Å². The highest BCUT2D eigenvalue weighted by molar-refractivity contribution is 9.10. The molecule has 0 saturated heterocycles. The van der Waals surface area contributed by atoms with E-state index in [9.17, 15) is 4.79 Å². The number of carboxylic acids is 1. The number of anilines is 1. The van der Waals surface area contributed by atoms with Gasteiger partial charge in [-0.3, -0.25) is 0 Å². The molecule has 0 radical (unpaired) electrons. The fourth-order valence-electron chi connectivity index (χ4n) is 0.967. The van der Waals surface area contributed by atoms with Gasteiger partial charge in [-0.2, -0.15) is 0 Å². The van der Waals surface area contributed by atoms with Crippen molar-refractivity contribution in [1.29, 1.82) is 0 Å². The predicted molar refractivity (Wildman–Crippen MR) is 59.3 cm³/mol. The lowest BCUT2D eigenvalue weighted by Crippen LogP contribution is -1.94. The van der Waals surface area contributed by atoms with Gasteiger partial charge in [0, 0.05) is 22.4 Å². The largest absolute Gasteiger partial charge is 0.478 e. The van der Waals surface area contributed by atoms with E-state index >= 15 is 0 Å². The van der Waals surface area contributed by atoms with Crippen molar-refractivity contribution in [1.82, 2.24) is 0 Å². The van der Waals surface area contributed by atoms with Crippen molar-refractivity contribution in [2.24, 2.45) is 0 Å². The van der Waals surface area contributed by atoms with Crippen LogP contribution in [0.15, 0.2) is 34.9 Å². The van der Waals surface area contributed by atoms with Crippen LogP contribution in [-0.2, 0) is 4.79 Å². The number of carbonyl (C=O) groups is 1. The molecule has 0 aromatic heterocycles. The summed E-state index contributed by atoms with van der Waals surface area (Å²) in [7, 11) is 0. The molecule has 0 aliphatic rings. The number of halogens is 1. The first-order valence-corrected chi connectivity index (χ1v) is 4.81. The number of benzene rings is 1. The van der Waals surface area contributed by atoms with Gasteiger partial charge in [-0.1, -0.05) is 22.0 Å². The molecule has 0 spiro atoms. The van der Waals surface area contributed by atoms with E-state index in [1.165, 1.54) is 6.20 Å². The molecule has 1 aromatic rings. The first kappa shape index (κ1) is 10.8. The minimum atomic E-state index is -0.967. The van der Waals surface area contributed by atoms with Crippen molar-refractivity contribution >= 4 is 27.6 Å². The second-order valence-electron chi connectivity index (χ2n) is 2.73. The lowest BCUT2D eigenvalue weighted by atomic mass is 10.2. The molecule has 0 heterocycles. The van der Waals surface area contributed by atoms with Crippen LogP contribution in [0.1, 0.15) is 5.56 Å². The highest BCUT2D eigenvalue weighted by Crippen LogP contribution is 2.23. The summed E-state index contributed by atoms with van der Waals surface area (Å²) in [6, 6.07) is 5.70. The van der Waals surface area contributed by atoms with E-state index in [1.54, 1.807) is 0 Å². The molecule has 1 rings (SSSR count). The molecule has 1 aromatic carbocycles.